The van der Waals surface area contributed by atoms with E-state index in [0.29, 0.717) is 11.8 Å². The van der Waals surface area contributed by atoms with E-state index >= 15 is 0 Å². The summed E-state index contributed by atoms with van der Waals surface area (Å²) in [7, 11) is 0. The lowest BCUT2D eigenvalue weighted by Crippen LogP contribution is -2.09. The number of aryl methyl sites for hydroxylation is 1. The third-order valence-corrected chi connectivity index (χ3v) is 3.99. The Hall–Kier alpha value is -1.22. The maximum absolute atomic E-state index is 5.99. The molecule has 3 nitrogen and oxygen atoms in total. The van der Waals surface area contributed by atoms with Crippen LogP contribution in [0.15, 0.2) is 12.3 Å². The summed E-state index contributed by atoms with van der Waals surface area (Å²) in [6.45, 7) is 15.0. The van der Waals surface area contributed by atoms with E-state index in [-0.39, 0.29) is 12.4 Å². The summed E-state index contributed by atoms with van der Waals surface area (Å²) in [5.74, 6) is 2.03. The molecule has 0 N–H and O–H groups in total. The van der Waals surface area contributed by atoms with Crippen molar-refractivity contribution in [1.29, 1.82) is 0 Å². The Labute approximate surface area is 140 Å². The molecule has 0 aliphatic carbocycles. The molecule has 0 spiro atoms. The molecule has 22 heavy (non-hydrogen) atoms. The molecule has 0 saturated carbocycles. The zero-order chi connectivity index (χ0) is 15.6. The monoisotopic (exact) mass is 324 g/mol. The van der Waals surface area contributed by atoms with Crippen LogP contribution in [0.3, 0.4) is 0 Å². The highest BCUT2D eigenvalue weighted by molar-refractivity contribution is 5.88. The fraction of sp³-hybridized carbons (Fsp3) is 0.611. The minimum Gasteiger partial charge on any atom is -0.476 e. The van der Waals surface area contributed by atoms with Gasteiger partial charge in [0, 0.05) is 23.8 Å². The number of nitrogens with zero attached hydrogens (tertiary/aromatic N) is 2. The van der Waals surface area contributed by atoms with Gasteiger partial charge in [0.1, 0.15) is 5.52 Å². The fourth-order valence-corrected chi connectivity index (χ4v) is 2.65. The highest BCUT2D eigenvalue weighted by atomic mass is 35.5. The molecule has 0 amide bonds. The quantitative estimate of drug-likeness (QED) is 0.734. The van der Waals surface area contributed by atoms with Crippen LogP contribution in [0.1, 0.15) is 45.4 Å². The maximum atomic E-state index is 5.99. The van der Waals surface area contributed by atoms with Gasteiger partial charge in [0.05, 0.1) is 6.61 Å². The van der Waals surface area contributed by atoms with Crippen LogP contribution < -0.4 is 4.74 Å². The molecule has 0 aliphatic heterocycles. The molecule has 0 saturated heterocycles. The standard InChI is InChI=1S/C18H28N2O.ClH/c1-12(2)8-10-21-18-17-16(7-9-19-18)14(5)15(6)20(17)11-13(3)4;/h7,9,12-13H,8,10-11H2,1-6H3;1H. The van der Waals surface area contributed by atoms with Crippen molar-refractivity contribution in [2.75, 3.05) is 6.61 Å². The van der Waals surface area contributed by atoms with Crippen LogP contribution in [-0.2, 0) is 6.54 Å². The number of pyridine rings is 1. The number of fused-ring (bicyclic) bond motifs is 1. The van der Waals surface area contributed by atoms with Gasteiger partial charge >= 0.3 is 0 Å². The summed E-state index contributed by atoms with van der Waals surface area (Å²) in [4.78, 5) is 4.48. The lowest BCUT2D eigenvalue weighted by atomic mass is 10.1. The van der Waals surface area contributed by atoms with E-state index in [2.05, 4.69) is 57.2 Å². The number of hydrogen-bond acceptors (Lipinski definition) is 2. The second kappa shape index (κ2) is 7.87. The van der Waals surface area contributed by atoms with E-state index in [1.165, 1.54) is 16.6 Å². The number of aromatic nitrogens is 2. The van der Waals surface area contributed by atoms with Gasteiger partial charge in [-0.1, -0.05) is 27.7 Å². The number of rotatable bonds is 6. The Morgan fingerprint density at radius 2 is 1.82 bits per heavy atom. The molecule has 0 aromatic carbocycles. The van der Waals surface area contributed by atoms with E-state index in [9.17, 15) is 0 Å². The summed E-state index contributed by atoms with van der Waals surface area (Å²) in [6, 6.07) is 2.10. The van der Waals surface area contributed by atoms with Crippen LogP contribution in [0.2, 0.25) is 0 Å². The highest BCUT2D eigenvalue weighted by Crippen LogP contribution is 2.31. The van der Waals surface area contributed by atoms with Crippen molar-refractivity contribution in [3.63, 3.8) is 0 Å². The van der Waals surface area contributed by atoms with Crippen LogP contribution in [-0.4, -0.2) is 16.2 Å². The smallest absolute Gasteiger partial charge is 0.238 e. The maximum Gasteiger partial charge on any atom is 0.238 e. The Bertz CT molecular complexity index is 617. The first-order valence-electron chi connectivity index (χ1n) is 7.99. The van der Waals surface area contributed by atoms with Crippen LogP contribution in [0.25, 0.3) is 10.9 Å². The molecule has 4 heteroatoms. The Morgan fingerprint density at radius 1 is 1.14 bits per heavy atom. The van der Waals surface area contributed by atoms with Gasteiger partial charge in [-0.3, -0.25) is 0 Å². The fourth-order valence-electron chi connectivity index (χ4n) is 2.65. The molecule has 0 atom stereocenters. The zero-order valence-electron chi connectivity index (χ0n) is 14.6. The summed E-state index contributed by atoms with van der Waals surface area (Å²) < 4.78 is 8.36. The first-order chi connectivity index (χ1) is 9.91. The third kappa shape index (κ3) is 3.95. The van der Waals surface area contributed by atoms with Gasteiger partial charge in [-0.2, -0.15) is 0 Å². The van der Waals surface area contributed by atoms with Gasteiger partial charge in [0.15, 0.2) is 0 Å². The van der Waals surface area contributed by atoms with Gasteiger partial charge in [0.25, 0.3) is 0 Å². The van der Waals surface area contributed by atoms with Gasteiger partial charge in [-0.25, -0.2) is 4.98 Å². The summed E-state index contributed by atoms with van der Waals surface area (Å²) in [5, 5.41) is 1.27. The first kappa shape index (κ1) is 18.8. The van der Waals surface area contributed by atoms with Crippen LogP contribution >= 0.6 is 12.4 Å². The minimum atomic E-state index is 0. The van der Waals surface area contributed by atoms with Gasteiger partial charge < -0.3 is 9.30 Å². The molecule has 0 radical (unpaired) electrons. The summed E-state index contributed by atoms with van der Waals surface area (Å²) in [6.07, 6.45) is 2.92. The molecule has 0 aliphatic rings. The number of ether oxygens (including phenoxy) is 1. The SMILES string of the molecule is Cc1c(C)n(CC(C)C)c2c(OCCC(C)C)nccc12.Cl. The molecule has 2 aromatic heterocycles. The molecule has 0 bridgehead atoms. The van der Waals surface area contributed by atoms with E-state index < -0.39 is 0 Å². The van der Waals surface area contributed by atoms with Crippen molar-refractivity contribution in [2.24, 2.45) is 11.8 Å². The molecular weight excluding hydrogens is 296 g/mol. The summed E-state index contributed by atoms with van der Waals surface area (Å²) in [5.41, 5.74) is 3.81. The van der Waals surface area contributed by atoms with Crippen LogP contribution in [0.5, 0.6) is 5.88 Å². The highest BCUT2D eigenvalue weighted by Gasteiger charge is 2.16. The predicted molar refractivity (Wildman–Crippen MR) is 96.2 cm³/mol. The van der Waals surface area contributed by atoms with Crippen LogP contribution in [0, 0.1) is 25.7 Å². The number of hydrogen-bond donors (Lipinski definition) is 0. The third-order valence-electron chi connectivity index (χ3n) is 3.99. The Morgan fingerprint density at radius 3 is 2.41 bits per heavy atom. The topological polar surface area (TPSA) is 27.1 Å². The van der Waals surface area contributed by atoms with Crippen molar-refractivity contribution >= 4 is 23.3 Å². The average molecular weight is 325 g/mol. The molecular formula is C18H29ClN2O. The lowest BCUT2D eigenvalue weighted by molar-refractivity contribution is 0.281. The minimum absolute atomic E-state index is 0. The van der Waals surface area contributed by atoms with E-state index in [0.717, 1.165) is 31.0 Å². The lowest BCUT2D eigenvalue weighted by Gasteiger charge is -2.14. The molecule has 124 valence electrons. The van der Waals surface area contributed by atoms with Crippen molar-refractivity contribution < 1.29 is 4.74 Å². The predicted octanol–water partition coefficient (Wildman–Crippen LogP) is 5.16. The molecule has 0 fully saturated rings. The largest absolute Gasteiger partial charge is 0.476 e. The zero-order valence-corrected chi connectivity index (χ0v) is 15.5. The van der Waals surface area contributed by atoms with Crippen molar-refractivity contribution in [1.82, 2.24) is 9.55 Å². The summed E-state index contributed by atoms with van der Waals surface area (Å²) >= 11 is 0. The average Bonchev–Trinajstić information content (AvgIpc) is 2.64. The second-order valence-corrected chi connectivity index (χ2v) is 6.76. The molecule has 2 heterocycles. The van der Waals surface area contributed by atoms with E-state index in [1.807, 2.05) is 6.20 Å². The molecule has 2 aromatic rings. The van der Waals surface area contributed by atoms with Crippen molar-refractivity contribution in [3.8, 4) is 5.88 Å². The second-order valence-electron chi connectivity index (χ2n) is 6.76. The van der Waals surface area contributed by atoms with E-state index in [1.54, 1.807) is 0 Å². The van der Waals surface area contributed by atoms with Crippen molar-refractivity contribution in [3.05, 3.63) is 23.5 Å². The van der Waals surface area contributed by atoms with Crippen molar-refractivity contribution in [2.45, 2.75) is 54.5 Å². The normalized spacial score (nSPS) is 11.3. The molecule has 2 rings (SSSR count). The molecule has 0 unspecified atom stereocenters. The van der Waals surface area contributed by atoms with Gasteiger partial charge in [0.2, 0.25) is 5.88 Å². The van der Waals surface area contributed by atoms with Gasteiger partial charge in [-0.15, -0.1) is 12.4 Å². The number of halogens is 1. The van der Waals surface area contributed by atoms with Gasteiger partial charge in [-0.05, 0) is 43.7 Å². The van der Waals surface area contributed by atoms with Crippen LogP contribution in [0.4, 0.5) is 0 Å². The Balaban J connectivity index is 0.00000242. The first-order valence-corrected chi connectivity index (χ1v) is 7.99. The Kier molecular flexibility index (Phi) is 6.73. The van der Waals surface area contributed by atoms with E-state index in [4.69, 9.17) is 4.74 Å².